The van der Waals surface area contributed by atoms with Crippen molar-refractivity contribution >= 4 is 0 Å². The normalized spacial score (nSPS) is 15.1. The second-order valence-corrected chi connectivity index (χ2v) is 3.37. The van der Waals surface area contributed by atoms with Crippen LogP contribution >= 0.6 is 0 Å². The van der Waals surface area contributed by atoms with E-state index in [0.29, 0.717) is 11.3 Å². The van der Waals surface area contributed by atoms with Gasteiger partial charge in [0.1, 0.15) is 5.76 Å². The van der Waals surface area contributed by atoms with Crippen LogP contribution in [0, 0.1) is 6.92 Å². The Balaban J connectivity index is 2.90. The fourth-order valence-electron chi connectivity index (χ4n) is 1.31. The molecule has 0 amide bonds. The molecule has 0 aromatic carbocycles. The molecule has 0 aliphatic heterocycles. The van der Waals surface area contributed by atoms with Crippen LogP contribution in [0.1, 0.15) is 30.8 Å². The molecule has 0 unspecified atom stereocenters. The first kappa shape index (κ1) is 10.9. The molecule has 0 aliphatic rings. The number of aliphatic hydroxyl groups excluding tert-OH is 2. The average Bonchev–Trinajstić information content (AvgIpc) is 2.01. The zero-order valence-corrected chi connectivity index (χ0v) is 8.23. The topological polar surface area (TPSA) is 70.7 Å². The van der Waals surface area contributed by atoms with Crippen LogP contribution in [0.3, 0.4) is 0 Å². The van der Waals surface area contributed by atoms with E-state index in [4.69, 9.17) is 9.52 Å². The van der Waals surface area contributed by atoms with Gasteiger partial charge in [-0.3, -0.25) is 0 Å². The summed E-state index contributed by atoms with van der Waals surface area (Å²) in [5.74, 6) is 0.394. The molecule has 14 heavy (non-hydrogen) atoms. The first-order chi connectivity index (χ1) is 6.50. The van der Waals surface area contributed by atoms with E-state index in [0.717, 1.165) is 0 Å². The van der Waals surface area contributed by atoms with Gasteiger partial charge in [0.25, 0.3) is 0 Å². The van der Waals surface area contributed by atoms with Gasteiger partial charge in [-0.15, -0.1) is 0 Å². The Morgan fingerprint density at radius 1 is 1.43 bits per heavy atom. The molecule has 0 aliphatic carbocycles. The highest BCUT2D eigenvalue weighted by Crippen LogP contribution is 2.20. The number of rotatable bonds is 3. The van der Waals surface area contributed by atoms with Crippen molar-refractivity contribution in [3.63, 3.8) is 0 Å². The third-order valence-corrected chi connectivity index (χ3v) is 1.98. The fraction of sp³-hybridized carbons (Fsp3) is 0.500. The van der Waals surface area contributed by atoms with Gasteiger partial charge in [-0.1, -0.05) is 0 Å². The van der Waals surface area contributed by atoms with Crippen molar-refractivity contribution in [2.45, 2.75) is 32.5 Å². The largest absolute Gasteiger partial charge is 0.428 e. The van der Waals surface area contributed by atoms with Crippen molar-refractivity contribution in [2.75, 3.05) is 0 Å². The molecule has 1 aromatic rings. The molecule has 2 N–H and O–H groups in total. The molecule has 0 saturated carbocycles. The van der Waals surface area contributed by atoms with Crippen molar-refractivity contribution in [1.29, 1.82) is 0 Å². The minimum atomic E-state index is -0.792. The van der Waals surface area contributed by atoms with Gasteiger partial charge in [0.2, 0.25) is 0 Å². The third kappa shape index (κ3) is 2.68. The predicted molar refractivity (Wildman–Crippen MR) is 51.0 cm³/mol. The lowest BCUT2D eigenvalue weighted by Crippen LogP contribution is -2.11. The van der Waals surface area contributed by atoms with E-state index >= 15 is 0 Å². The first-order valence-corrected chi connectivity index (χ1v) is 4.47. The molecule has 1 rings (SSSR count). The molecular weight excluding hydrogens is 184 g/mol. The summed E-state index contributed by atoms with van der Waals surface area (Å²) >= 11 is 0. The van der Waals surface area contributed by atoms with Crippen LogP contribution in [0.25, 0.3) is 0 Å². The summed E-state index contributed by atoms with van der Waals surface area (Å²) in [7, 11) is 0. The maximum Gasteiger partial charge on any atom is 0.335 e. The van der Waals surface area contributed by atoms with E-state index in [1.807, 2.05) is 0 Å². The highest BCUT2D eigenvalue weighted by molar-refractivity contribution is 5.18. The molecule has 1 aromatic heterocycles. The summed E-state index contributed by atoms with van der Waals surface area (Å²) in [6.45, 7) is 3.21. The second-order valence-electron chi connectivity index (χ2n) is 3.37. The van der Waals surface area contributed by atoms with Crippen molar-refractivity contribution in [3.8, 4) is 0 Å². The van der Waals surface area contributed by atoms with Gasteiger partial charge in [0.05, 0.1) is 12.2 Å². The Labute approximate surface area is 81.8 Å². The fourth-order valence-corrected chi connectivity index (χ4v) is 1.31. The van der Waals surface area contributed by atoms with Crippen molar-refractivity contribution in [3.05, 3.63) is 33.9 Å². The van der Waals surface area contributed by atoms with Gasteiger partial charge in [-0.2, -0.15) is 0 Å². The van der Waals surface area contributed by atoms with E-state index in [-0.39, 0.29) is 6.42 Å². The summed E-state index contributed by atoms with van der Waals surface area (Å²) in [4.78, 5) is 10.8. The molecule has 0 radical (unpaired) electrons. The molecule has 4 heteroatoms. The number of aliphatic hydroxyl groups is 2. The van der Waals surface area contributed by atoms with Crippen LogP contribution in [0.15, 0.2) is 21.3 Å². The van der Waals surface area contributed by atoms with E-state index < -0.39 is 17.8 Å². The Morgan fingerprint density at radius 2 is 2.07 bits per heavy atom. The van der Waals surface area contributed by atoms with Gasteiger partial charge in [-0.25, -0.2) is 4.79 Å². The van der Waals surface area contributed by atoms with Gasteiger partial charge in [0, 0.05) is 18.1 Å². The van der Waals surface area contributed by atoms with Gasteiger partial charge < -0.3 is 14.6 Å². The van der Waals surface area contributed by atoms with Gasteiger partial charge >= 0.3 is 5.63 Å². The average molecular weight is 198 g/mol. The van der Waals surface area contributed by atoms with Crippen LogP contribution in [0.5, 0.6) is 0 Å². The minimum absolute atomic E-state index is 0.231. The molecule has 0 fully saturated rings. The van der Waals surface area contributed by atoms with E-state index in [2.05, 4.69) is 0 Å². The smallest absolute Gasteiger partial charge is 0.335 e. The van der Waals surface area contributed by atoms with Crippen LogP contribution < -0.4 is 5.63 Å². The quantitative estimate of drug-likeness (QED) is 0.752. The predicted octanol–water partition coefficient (Wildman–Crippen LogP) is 0.753. The first-order valence-electron chi connectivity index (χ1n) is 4.47. The summed E-state index contributed by atoms with van der Waals surface area (Å²) < 4.78 is 4.81. The van der Waals surface area contributed by atoms with Crippen molar-refractivity contribution in [2.24, 2.45) is 0 Å². The lowest BCUT2D eigenvalue weighted by molar-refractivity contribution is 0.0887. The SMILES string of the molecule is Cc1oc(=O)ccc1[C@H](O)C[C@H](C)O. The molecule has 0 spiro atoms. The molecule has 4 nitrogen and oxygen atoms in total. The highest BCUT2D eigenvalue weighted by atomic mass is 16.4. The summed E-state index contributed by atoms with van der Waals surface area (Å²) in [5, 5.41) is 18.7. The number of aryl methyl sites for hydroxylation is 1. The van der Waals surface area contributed by atoms with E-state index in [1.54, 1.807) is 13.8 Å². The Hall–Kier alpha value is -1.13. The zero-order valence-electron chi connectivity index (χ0n) is 8.23. The third-order valence-electron chi connectivity index (χ3n) is 1.98. The van der Waals surface area contributed by atoms with E-state index in [9.17, 15) is 9.90 Å². The Bertz CT molecular complexity index is 353. The highest BCUT2D eigenvalue weighted by Gasteiger charge is 2.14. The minimum Gasteiger partial charge on any atom is -0.428 e. The molecule has 1 heterocycles. The van der Waals surface area contributed by atoms with Gasteiger partial charge in [-0.05, 0) is 19.9 Å². The summed E-state index contributed by atoms with van der Waals surface area (Å²) in [6, 6.07) is 2.78. The standard InChI is InChI=1S/C10H14O4/c1-6(11)5-9(12)8-3-4-10(13)14-7(8)2/h3-4,6,9,11-12H,5H2,1-2H3/t6-,9+/m0/s1. The monoisotopic (exact) mass is 198 g/mol. The van der Waals surface area contributed by atoms with Crippen molar-refractivity contribution < 1.29 is 14.6 Å². The van der Waals surface area contributed by atoms with Crippen LogP contribution in [-0.2, 0) is 0 Å². The van der Waals surface area contributed by atoms with E-state index in [1.165, 1.54) is 12.1 Å². The lowest BCUT2D eigenvalue weighted by Gasteiger charge is -2.13. The van der Waals surface area contributed by atoms with Crippen LogP contribution in [0.4, 0.5) is 0 Å². The van der Waals surface area contributed by atoms with Crippen LogP contribution in [-0.4, -0.2) is 16.3 Å². The Morgan fingerprint density at radius 3 is 2.57 bits per heavy atom. The zero-order chi connectivity index (χ0) is 10.7. The Kier molecular flexibility index (Phi) is 3.43. The lowest BCUT2D eigenvalue weighted by atomic mass is 10.0. The van der Waals surface area contributed by atoms with Crippen LogP contribution in [0.2, 0.25) is 0 Å². The van der Waals surface area contributed by atoms with Crippen molar-refractivity contribution in [1.82, 2.24) is 0 Å². The molecular formula is C10H14O4. The molecule has 78 valence electrons. The molecule has 2 atom stereocenters. The second kappa shape index (κ2) is 4.39. The summed E-state index contributed by atoms with van der Waals surface area (Å²) in [5.41, 5.74) is 0.112. The maximum absolute atomic E-state index is 10.8. The maximum atomic E-state index is 10.8. The summed E-state index contributed by atoms with van der Waals surface area (Å²) in [6.07, 6.45) is -1.15. The van der Waals surface area contributed by atoms with Gasteiger partial charge in [0.15, 0.2) is 0 Å². The number of hydrogen-bond acceptors (Lipinski definition) is 4. The number of hydrogen-bond donors (Lipinski definition) is 2. The molecule has 0 bridgehead atoms. The molecule has 0 saturated heterocycles.